The topological polar surface area (TPSA) is 56.5 Å². The SMILES string of the molecule is CCCOc1cc(NC2CCOC(C)C2)c(N)cc1F. The summed E-state index contributed by atoms with van der Waals surface area (Å²) >= 11 is 0. The highest BCUT2D eigenvalue weighted by molar-refractivity contribution is 5.69. The summed E-state index contributed by atoms with van der Waals surface area (Å²) in [6.45, 7) is 5.27. The maximum absolute atomic E-state index is 13.7. The summed E-state index contributed by atoms with van der Waals surface area (Å²) in [6, 6.07) is 3.27. The zero-order chi connectivity index (χ0) is 14.5. The zero-order valence-corrected chi connectivity index (χ0v) is 12.1. The highest BCUT2D eigenvalue weighted by Crippen LogP contribution is 2.30. The van der Waals surface area contributed by atoms with Crippen LogP contribution < -0.4 is 15.8 Å². The van der Waals surface area contributed by atoms with Gasteiger partial charge in [0, 0.05) is 24.8 Å². The van der Waals surface area contributed by atoms with Gasteiger partial charge in [-0.05, 0) is 26.2 Å². The zero-order valence-electron chi connectivity index (χ0n) is 12.1. The fourth-order valence-corrected chi connectivity index (χ4v) is 2.37. The van der Waals surface area contributed by atoms with Gasteiger partial charge in [0.25, 0.3) is 0 Å². The summed E-state index contributed by atoms with van der Waals surface area (Å²) in [4.78, 5) is 0. The molecule has 20 heavy (non-hydrogen) atoms. The third-order valence-electron chi connectivity index (χ3n) is 3.41. The van der Waals surface area contributed by atoms with Crippen molar-refractivity contribution >= 4 is 11.4 Å². The van der Waals surface area contributed by atoms with Crippen molar-refractivity contribution in [1.82, 2.24) is 0 Å². The quantitative estimate of drug-likeness (QED) is 0.814. The molecule has 2 rings (SSSR count). The van der Waals surface area contributed by atoms with Gasteiger partial charge in [-0.2, -0.15) is 0 Å². The van der Waals surface area contributed by atoms with E-state index in [9.17, 15) is 4.39 Å². The van der Waals surface area contributed by atoms with Gasteiger partial charge >= 0.3 is 0 Å². The highest BCUT2D eigenvalue weighted by atomic mass is 19.1. The minimum Gasteiger partial charge on any atom is -0.490 e. The van der Waals surface area contributed by atoms with Crippen molar-refractivity contribution in [2.75, 3.05) is 24.3 Å². The van der Waals surface area contributed by atoms with Gasteiger partial charge in [0.05, 0.1) is 24.1 Å². The van der Waals surface area contributed by atoms with E-state index in [0.717, 1.165) is 31.6 Å². The van der Waals surface area contributed by atoms with Gasteiger partial charge in [-0.15, -0.1) is 0 Å². The molecule has 1 fully saturated rings. The first-order chi connectivity index (χ1) is 9.60. The molecular formula is C15H23FN2O2. The number of rotatable bonds is 5. The lowest BCUT2D eigenvalue weighted by Crippen LogP contribution is -2.32. The van der Waals surface area contributed by atoms with Crippen LogP contribution in [0.2, 0.25) is 0 Å². The van der Waals surface area contributed by atoms with Crippen LogP contribution in [0.4, 0.5) is 15.8 Å². The summed E-state index contributed by atoms with van der Waals surface area (Å²) in [5, 5.41) is 3.37. The minimum atomic E-state index is -0.415. The van der Waals surface area contributed by atoms with E-state index in [4.69, 9.17) is 15.2 Å². The molecule has 2 atom stereocenters. The molecule has 1 heterocycles. The summed E-state index contributed by atoms with van der Waals surface area (Å²) in [5.41, 5.74) is 7.02. The van der Waals surface area contributed by atoms with Crippen molar-refractivity contribution in [1.29, 1.82) is 0 Å². The second-order valence-electron chi connectivity index (χ2n) is 5.27. The van der Waals surface area contributed by atoms with Gasteiger partial charge in [0.2, 0.25) is 0 Å². The van der Waals surface area contributed by atoms with Gasteiger partial charge in [-0.3, -0.25) is 0 Å². The van der Waals surface area contributed by atoms with Gasteiger partial charge in [0.1, 0.15) is 0 Å². The van der Waals surface area contributed by atoms with Gasteiger partial charge in [0.15, 0.2) is 11.6 Å². The predicted molar refractivity (Wildman–Crippen MR) is 78.7 cm³/mol. The standard InChI is InChI=1S/C15H23FN2O2/c1-3-5-20-15-9-14(13(17)8-12(15)16)18-11-4-6-19-10(2)7-11/h8-11,18H,3-7,17H2,1-2H3. The molecule has 0 saturated carbocycles. The van der Waals surface area contributed by atoms with Crippen LogP contribution in [0.5, 0.6) is 5.75 Å². The molecule has 1 aliphatic rings. The molecule has 3 N–H and O–H groups in total. The number of hydrogen-bond donors (Lipinski definition) is 2. The smallest absolute Gasteiger partial charge is 0.167 e. The summed E-state index contributed by atoms with van der Waals surface area (Å²) in [6.07, 6.45) is 2.91. The van der Waals surface area contributed by atoms with Crippen molar-refractivity contribution in [3.05, 3.63) is 17.9 Å². The lowest BCUT2D eigenvalue weighted by Gasteiger charge is -2.29. The van der Waals surface area contributed by atoms with E-state index in [-0.39, 0.29) is 11.9 Å². The molecule has 2 unspecified atom stereocenters. The molecule has 0 bridgehead atoms. The average molecular weight is 282 g/mol. The van der Waals surface area contributed by atoms with Crippen LogP contribution in [0, 0.1) is 5.82 Å². The maximum Gasteiger partial charge on any atom is 0.167 e. The number of hydrogen-bond acceptors (Lipinski definition) is 4. The van der Waals surface area contributed by atoms with E-state index in [0.29, 0.717) is 18.3 Å². The summed E-state index contributed by atoms with van der Waals surface area (Å²) in [5.74, 6) is -0.162. The largest absolute Gasteiger partial charge is 0.490 e. The number of halogens is 1. The molecule has 4 nitrogen and oxygen atoms in total. The lowest BCUT2D eigenvalue weighted by molar-refractivity contribution is 0.0232. The fraction of sp³-hybridized carbons (Fsp3) is 0.600. The first-order valence-corrected chi connectivity index (χ1v) is 7.20. The van der Waals surface area contributed by atoms with Gasteiger partial charge in [-0.25, -0.2) is 4.39 Å². The Morgan fingerprint density at radius 1 is 1.50 bits per heavy atom. The van der Waals surface area contributed by atoms with E-state index in [1.807, 2.05) is 6.92 Å². The molecule has 0 spiro atoms. The molecule has 0 radical (unpaired) electrons. The fourth-order valence-electron chi connectivity index (χ4n) is 2.37. The van der Waals surface area contributed by atoms with E-state index < -0.39 is 5.82 Å². The van der Waals surface area contributed by atoms with Crippen molar-refractivity contribution in [2.24, 2.45) is 0 Å². The highest BCUT2D eigenvalue weighted by Gasteiger charge is 2.20. The van der Waals surface area contributed by atoms with E-state index in [2.05, 4.69) is 12.2 Å². The van der Waals surface area contributed by atoms with Crippen molar-refractivity contribution < 1.29 is 13.9 Å². The van der Waals surface area contributed by atoms with Crippen molar-refractivity contribution in [2.45, 2.75) is 45.3 Å². The van der Waals surface area contributed by atoms with Crippen LogP contribution in [-0.4, -0.2) is 25.4 Å². The Labute approximate surface area is 119 Å². The summed E-state index contributed by atoms with van der Waals surface area (Å²) in [7, 11) is 0. The second-order valence-corrected chi connectivity index (χ2v) is 5.27. The van der Waals surface area contributed by atoms with Crippen LogP contribution >= 0.6 is 0 Å². The molecule has 0 aliphatic carbocycles. The van der Waals surface area contributed by atoms with Crippen LogP contribution in [0.25, 0.3) is 0 Å². The Kier molecular flexibility index (Phi) is 5.06. The van der Waals surface area contributed by atoms with Crippen LogP contribution in [0.3, 0.4) is 0 Å². The summed E-state index contributed by atoms with van der Waals surface area (Å²) < 4.78 is 24.7. The molecule has 0 aromatic heterocycles. The number of nitrogens with one attached hydrogen (secondary N) is 1. The van der Waals surface area contributed by atoms with Gasteiger partial charge in [-0.1, -0.05) is 6.92 Å². The second kappa shape index (κ2) is 6.79. The first kappa shape index (κ1) is 14.9. The minimum absolute atomic E-state index is 0.235. The number of anilines is 2. The van der Waals surface area contributed by atoms with E-state index >= 15 is 0 Å². The third kappa shape index (κ3) is 3.76. The van der Waals surface area contributed by atoms with Crippen LogP contribution in [0.1, 0.15) is 33.1 Å². The number of benzene rings is 1. The molecule has 1 aromatic carbocycles. The molecular weight excluding hydrogens is 259 g/mol. The average Bonchev–Trinajstić information content (AvgIpc) is 2.40. The molecule has 5 heteroatoms. The molecule has 112 valence electrons. The molecule has 1 saturated heterocycles. The maximum atomic E-state index is 13.7. The molecule has 1 aromatic rings. The predicted octanol–water partition coefficient (Wildman–Crippen LogP) is 3.18. The monoisotopic (exact) mass is 282 g/mol. The van der Waals surface area contributed by atoms with Crippen molar-refractivity contribution in [3.8, 4) is 5.75 Å². The number of nitrogens with two attached hydrogens (primary N) is 1. The van der Waals surface area contributed by atoms with E-state index in [1.165, 1.54) is 6.07 Å². The molecule has 0 amide bonds. The lowest BCUT2D eigenvalue weighted by atomic mass is 10.0. The Balaban J connectivity index is 2.09. The normalized spacial score (nSPS) is 22.6. The number of ether oxygens (including phenoxy) is 2. The first-order valence-electron chi connectivity index (χ1n) is 7.20. The number of nitrogen functional groups attached to an aromatic ring is 1. The van der Waals surface area contributed by atoms with Crippen LogP contribution in [0.15, 0.2) is 12.1 Å². The van der Waals surface area contributed by atoms with Gasteiger partial charge < -0.3 is 20.5 Å². The van der Waals surface area contributed by atoms with Crippen LogP contribution in [-0.2, 0) is 4.74 Å². The van der Waals surface area contributed by atoms with Crippen molar-refractivity contribution in [3.63, 3.8) is 0 Å². The molecule has 1 aliphatic heterocycles. The Morgan fingerprint density at radius 3 is 3.00 bits per heavy atom. The third-order valence-corrected chi connectivity index (χ3v) is 3.41. The Hall–Kier alpha value is -1.49. The Morgan fingerprint density at radius 2 is 2.30 bits per heavy atom. The van der Waals surface area contributed by atoms with E-state index in [1.54, 1.807) is 6.07 Å². The Bertz CT molecular complexity index is 454.